The molecule has 0 N–H and O–H groups in total. The van der Waals surface area contributed by atoms with Crippen LogP contribution >= 0.6 is 0 Å². The molecule has 0 aliphatic rings. The normalized spacial score (nSPS) is 10.8. The van der Waals surface area contributed by atoms with Crippen molar-refractivity contribution in [2.45, 2.75) is 13.1 Å². The van der Waals surface area contributed by atoms with E-state index in [1.807, 2.05) is 6.07 Å². The number of nitro benzene ring substituents is 1. The third kappa shape index (κ3) is 4.88. The maximum Gasteiger partial charge on any atom is 0.276 e. The molecule has 0 saturated heterocycles. The van der Waals surface area contributed by atoms with E-state index < -0.39 is 4.92 Å². The summed E-state index contributed by atoms with van der Waals surface area (Å²) < 4.78 is 5.34. The van der Waals surface area contributed by atoms with E-state index in [-0.39, 0.29) is 18.1 Å². The summed E-state index contributed by atoms with van der Waals surface area (Å²) in [4.78, 5) is 29.0. The van der Waals surface area contributed by atoms with Gasteiger partial charge in [-0.05, 0) is 35.9 Å². The molecule has 0 aliphatic carbocycles. The average Bonchev–Trinajstić information content (AvgIpc) is 3.19. The zero-order valence-corrected chi connectivity index (χ0v) is 14.4. The van der Waals surface area contributed by atoms with E-state index in [1.165, 1.54) is 18.2 Å². The number of amides is 1. The van der Waals surface area contributed by atoms with Crippen LogP contribution in [0.15, 0.2) is 77.7 Å². The molecule has 1 aromatic carbocycles. The van der Waals surface area contributed by atoms with Crippen molar-refractivity contribution in [2.75, 3.05) is 0 Å². The smallest absolute Gasteiger partial charge is 0.276 e. The molecule has 0 saturated carbocycles. The molecule has 0 fully saturated rings. The molecule has 0 radical (unpaired) electrons. The van der Waals surface area contributed by atoms with Crippen LogP contribution in [0.1, 0.15) is 16.9 Å². The number of para-hydroxylation sites is 1. The first kappa shape index (κ1) is 18.1. The van der Waals surface area contributed by atoms with Crippen LogP contribution in [0.5, 0.6) is 0 Å². The molecule has 0 spiro atoms. The van der Waals surface area contributed by atoms with Gasteiger partial charge in [-0.1, -0.05) is 18.2 Å². The van der Waals surface area contributed by atoms with Crippen LogP contribution < -0.4 is 0 Å². The van der Waals surface area contributed by atoms with Crippen molar-refractivity contribution in [2.24, 2.45) is 0 Å². The summed E-state index contributed by atoms with van der Waals surface area (Å²) >= 11 is 0. The van der Waals surface area contributed by atoms with Crippen LogP contribution in [-0.4, -0.2) is 20.7 Å². The van der Waals surface area contributed by atoms with Crippen molar-refractivity contribution in [3.8, 4) is 0 Å². The SMILES string of the molecule is O=C(/C=C/c1ccccc1[N+](=O)[O-])N(Cc1cccnc1)Cc1ccco1. The van der Waals surface area contributed by atoms with Gasteiger partial charge < -0.3 is 9.32 Å². The lowest BCUT2D eigenvalue weighted by Gasteiger charge is -2.20. The van der Waals surface area contributed by atoms with Gasteiger partial charge in [0.25, 0.3) is 5.69 Å². The Morgan fingerprint density at radius 3 is 2.70 bits per heavy atom. The number of pyridine rings is 1. The fourth-order valence-corrected chi connectivity index (χ4v) is 2.58. The summed E-state index contributed by atoms with van der Waals surface area (Å²) in [5.41, 5.74) is 1.19. The molecule has 2 heterocycles. The maximum absolute atomic E-state index is 12.7. The molecule has 3 aromatic rings. The Morgan fingerprint density at radius 1 is 1.15 bits per heavy atom. The number of hydrogen-bond acceptors (Lipinski definition) is 5. The van der Waals surface area contributed by atoms with Gasteiger partial charge in [-0.15, -0.1) is 0 Å². The Hall–Kier alpha value is -3.74. The molecule has 0 aliphatic heterocycles. The predicted molar refractivity (Wildman–Crippen MR) is 99.3 cm³/mol. The van der Waals surface area contributed by atoms with E-state index in [4.69, 9.17) is 4.42 Å². The second-order valence-corrected chi connectivity index (χ2v) is 5.78. The molecule has 7 nitrogen and oxygen atoms in total. The number of aromatic nitrogens is 1. The molecule has 0 unspecified atom stereocenters. The van der Waals surface area contributed by atoms with E-state index >= 15 is 0 Å². The minimum atomic E-state index is -0.472. The van der Waals surface area contributed by atoms with E-state index in [2.05, 4.69) is 4.98 Å². The highest BCUT2D eigenvalue weighted by Gasteiger charge is 2.15. The van der Waals surface area contributed by atoms with Gasteiger partial charge in [-0.3, -0.25) is 19.9 Å². The largest absolute Gasteiger partial charge is 0.467 e. The molecule has 7 heteroatoms. The van der Waals surface area contributed by atoms with Gasteiger partial charge in [0, 0.05) is 31.1 Å². The summed E-state index contributed by atoms with van der Waals surface area (Å²) in [7, 11) is 0. The van der Waals surface area contributed by atoms with Gasteiger partial charge in [0.2, 0.25) is 5.91 Å². The Morgan fingerprint density at radius 2 is 2.00 bits per heavy atom. The summed E-state index contributed by atoms with van der Waals surface area (Å²) in [6, 6.07) is 13.5. The van der Waals surface area contributed by atoms with E-state index in [0.717, 1.165) is 5.56 Å². The Kier molecular flexibility index (Phi) is 5.73. The van der Waals surface area contributed by atoms with Gasteiger partial charge in [-0.25, -0.2) is 0 Å². The van der Waals surface area contributed by atoms with Crippen molar-refractivity contribution in [3.05, 3.63) is 100 Å². The summed E-state index contributed by atoms with van der Waals surface area (Å²) in [6.45, 7) is 0.622. The molecule has 3 rings (SSSR count). The third-order valence-electron chi connectivity index (χ3n) is 3.87. The summed E-state index contributed by atoms with van der Waals surface area (Å²) in [6.07, 6.45) is 7.69. The Bertz CT molecular complexity index is 937. The van der Waals surface area contributed by atoms with Gasteiger partial charge in [0.15, 0.2) is 0 Å². The topological polar surface area (TPSA) is 89.5 Å². The third-order valence-corrected chi connectivity index (χ3v) is 3.87. The lowest BCUT2D eigenvalue weighted by molar-refractivity contribution is -0.385. The fourth-order valence-electron chi connectivity index (χ4n) is 2.58. The lowest BCUT2D eigenvalue weighted by atomic mass is 10.1. The quantitative estimate of drug-likeness (QED) is 0.362. The first-order valence-electron chi connectivity index (χ1n) is 8.25. The van der Waals surface area contributed by atoms with E-state index in [0.29, 0.717) is 17.9 Å². The number of carbonyl (C=O) groups excluding carboxylic acids is 1. The number of hydrogen-bond donors (Lipinski definition) is 0. The fraction of sp³-hybridized carbons (Fsp3) is 0.100. The minimum Gasteiger partial charge on any atom is -0.467 e. The van der Waals surface area contributed by atoms with Crippen molar-refractivity contribution in [1.29, 1.82) is 0 Å². The summed E-state index contributed by atoms with van der Waals surface area (Å²) in [5, 5.41) is 11.1. The van der Waals surface area contributed by atoms with Crippen LogP contribution in [0.4, 0.5) is 5.69 Å². The minimum absolute atomic E-state index is 0.0496. The predicted octanol–water partition coefficient (Wildman–Crippen LogP) is 3.83. The Balaban J connectivity index is 1.81. The Labute approximate surface area is 155 Å². The number of nitrogens with zero attached hydrogens (tertiary/aromatic N) is 3. The number of benzene rings is 1. The number of furan rings is 1. The van der Waals surface area contributed by atoms with E-state index in [9.17, 15) is 14.9 Å². The molecule has 0 bridgehead atoms. The summed E-state index contributed by atoms with van der Waals surface area (Å²) in [5.74, 6) is 0.361. The zero-order chi connectivity index (χ0) is 19.1. The average molecular weight is 363 g/mol. The first-order valence-corrected chi connectivity index (χ1v) is 8.25. The molecular weight excluding hydrogens is 346 g/mol. The molecular formula is C20H17N3O4. The standard InChI is InChI=1S/C20H17N3O4/c24-20(10-9-17-6-1-2-8-19(17)23(25)26)22(15-18-7-4-12-27-18)14-16-5-3-11-21-13-16/h1-13H,14-15H2/b10-9+. The lowest BCUT2D eigenvalue weighted by Crippen LogP contribution is -2.28. The second kappa shape index (κ2) is 8.57. The monoisotopic (exact) mass is 363 g/mol. The number of nitro groups is 1. The maximum atomic E-state index is 12.7. The van der Waals surface area contributed by atoms with E-state index in [1.54, 1.807) is 60.0 Å². The highest BCUT2D eigenvalue weighted by atomic mass is 16.6. The van der Waals surface area contributed by atoms with Gasteiger partial charge in [0.1, 0.15) is 5.76 Å². The highest BCUT2D eigenvalue weighted by Crippen LogP contribution is 2.19. The molecule has 136 valence electrons. The van der Waals surface area contributed by atoms with Crippen LogP contribution in [0.2, 0.25) is 0 Å². The molecule has 0 atom stereocenters. The molecule has 1 amide bonds. The van der Waals surface area contributed by atoms with Crippen LogP contribution in [0.25, 0.3) is 6.08 Å². The first-order chi connectivity index (χ1) is 13.1. The van der Waals surface area contributed by atoms with Crippen molar-refractivity contribution < 1.29 is 14.1 Å². The van der Waals surface area contributed by atoms with Crippen LogP contribution in [0.3, 0.4) is 0 Å². The number of carbonyl (C=O) groups is 1. The van der Waals surface area contributed by atoms with Gasteiger partial charge in [0.05, 0.1) is 23.3 Å². The molecule has 2 aromatic heterocycles. The van der Waals surface area contributed by atoms with Gasteiger partial charge >= 0.3 is 0 Å². The van der Waals surface area contributed by atoms with Crippen LogP contribution in [0, 0.1) is 10.1 Å². The van der Waals surface area contributed by atoms with Gasteiger partial charge in [-0.2, -0.15) is 0 Å². The highest BCUT2D eigenvalue weighted by molar-refractivity contribution is 5.92. The molecule has 27 heavy (non-hydrogen) atoms. The van der Waals surface area contributed by atoms with Crippen molar-refractivity contribution in [1.82, 2.24) is 9.88 Å². The number of rotatable bonds is 7. The zero-order valence-electron chi connectivity index (χ0n) is 14.4. The van der Waals surface area contributed by atoms with Crippen molar-refractivity contribution >= 4 is 17.7 Å². The van der Waals surface area contributed by atoms with Crippen LogP contribution in [-0.2, 0) is 17.9 Å². The second-order valence-electron chi connectivity index (χ2n) is 5.78. The van der Waals surface area contributed by atoms with Crippen molar-refractivity contribution in [3.63, 3.8) is 0 Å².